The highest BCUT2D eigenvalue weighted by atomic mass is 32.3. The first kappa shape index (κ1) is 30.2. The molecule has 0 bridgehead atoms. The Morgan fingerprint density at radius 1 is 1.18 bits per heavy atom. The smallest absolute Gasteiger partial charge is 0.214 e. The standard InChI is InChI=1S/C27H33F2N5OS4/c1-4-9-26(2)10-5-6-19(28)20(14-26)34(3)23-15-30-25(33-32-23)18-8-7-16(11-21(18)35)17-12-22(29)31-24(13-17)39-27(36,37)38/h7-8,11-13,15,19-20,35-38H,4-6,9-10,14H2,1-3H3/t19-,20+,26+/m0/s1. The molecule has 12 heteroatoms. The van der Waals surface area contributed by atoms with E-state index in [2.05, 4.69) is 71.9 Å². The number of aromatic hydroxyl groups is 1. The summed E-state index contributed by atoms with van der Waals surface area (Å²) in [7, 11) is 1.84. The average Bonchev–Trinajstić information content (AvgIpc) is 3.00. The molecule has 2 aromatic heterocycles. The van der Waals surface area contributed by atoms with Gasteiger partial charge in [-0.2, -0.15) is 4.39 Å². The maximum Gasteiger partial charge on any atom is 0.214 e. The van der Waals surface area contributed by atoms with Crippen molar-refractivity contribution in [1.29, 1.82) is 0 Å². The van der Waals surface area contributed by atoms with Crippen molar-refractivity contribution in [3.63, 3.8) is 0 Å². The predicted molar refractivity (Wildman–Crippen MR) is 164 cm³/mol. The van der Waals surface area contributed by atoms with Gasteiger partial charge in [-0.05, 0) is 66.8 Å². The summed E-state index contributed by atoms with van der Waals surface area (Å²) in [6, 6.07) is 7.51. The van der Waals surface area contributed by atoms with Crippen LogP contribution in [0.15, 0.2) is 41.6 Å². The number of aromatic nitrogens is 4. The van der Waals surface area contributed by atoms with Crippen LogP contribution >= 0.6 is 49.6 Å². The normalized spacial score (nSPS) is 21.9. The van der Waals surface area contributed by atoms with Gasteiger partial charge in [0.05, 0.1) is 17.8 Å². The van der Waals surface area contributed by atoms with Gasteiger partial charge in [-0.25, -0.2) is 14.4 Å². The van der Waals surface area contributed by atoms with Crippen molar-refractivity contribution in [2.45, 2.75) is 72.4 Å². The molecule has 1 saturated carbocycles. The summed E-state index contributed by atoms with van der Waals surface area (Å²) in [5, 5.41) is 19.7. The van der Waals surface area contributed by atoms with Crippen LogP contribution in [-0.4, -0.2) is 47.3 Å². The Balaban J connectivity index is 1.55. The molecule has 1 fully saturated rings. The van der Waals surface area contributed by atoms with Crippen molar-refractivity contribution >= 4 is 55.5 Å². The van der Waals surface area contributed by atoms with Gasteiger partial charge in [0.1, 0.15) is 16.9 Å². The molecule has 0 spiro atoms. The zero-order chi connectivity index (χ0) is 28.4. The number of nitrogens with zero attached hydrogens (tertiary/aromatic N) is 5. The summed E-state index contributed by atoms with van der Waals surface area (Å²) in [5.74, 6) is -0.0537. The van der Waals surface area contributed by atoms with Crippen molar-refractivity contribution in [1.82, 2.24) is 20.2 Å². The molecule has 1 aliphatic carbocycles. The largest absolute Gasteiger partial charge is 0.507 e. The SMILES string of the molecule is CCC[C@]1(C)CCC[C@H](F)[C@H](N(C)c2cnc(-c3ccc(-c4cc(F)nc(SC(S)(S)S)c4)cc3O)nn2)C1. The van der Waals surface area contributed by atoms with Gasteiger partial charge in [-0.15, -0.1) is 48.1 Å². The second-order valence-corrected chi connectivity index (χ2v) is 15.6. The molecule has 0 aliphatic heterocycles. The number of hydrogen-bond donors (Lipinski definition) is 4. The Labute approximate surface area is 249 Å². The zero-order valence-electron chi connectivity index (χ0n) is 22.1. The molecular formula is C27H33F2N5OS4. The number of anilines is 1. The monoisotopic (exact) mass is 609 g/mol. The Morgan fingerprint density at radius 3 is 2.59 bits per heavy atom. The lowest BCUT2D eigenvalue weighted by Gasteiger charge is -2.36. The molecule has 0 unspecified atom stereocenters. The Bertz CT molecular complexity index is 1290. The molecule has 4 rings (SSSR count). The molecule has 0 amide bonds. The van der Waals surface area contributed by atoms with Gasteiger partial charge in [0, 0.05) is 13.1 Å². The molecule has 210 valence electrons. The van der Waals surface area contributed by atoms with Gasteiger partial charge in [0.2, 0.25) is 5.95 Å². The van der Waals surface area contributed by atoms with Crippen LogP contribution in [0, 0.1) is 11.4 Å². The van der Waals surface area contributed by atoms with E-state index in [9.17, 15) is 9.50 Å². The highest BCUT2D eigenvalue weighted by Gasteiger charge is 2.37. The average molecular weight is 610 g/mol. The van der Waals surface area contributed by atoms with Crippen LogP contribution in [0.3, 0.4) is 0 Å². The van der Waals surface area contributed by atoms with E-state index in [1.165, 1.54) is 12.1 Å². The number of alkyl halides is 1. The van der Waals surface area contributed by atoms with Gasteiger partial charge >= 0.3 is 0 Å². The fraction of sp³-hybridized carbons (Fsp3) is 0.481. The Hall–Kier alpha value is -1.76. The van der Waals surface area contributed by atoms with E-state index in [0.717, 1.165) is 43.9 Å². The third kappa shape index (κ3) is 7.71. The number of halogens is 2. The summed E-state index contributed by atoms with van der Waals surface area (Å²) in [5.41, 5.74) is 1.55. The quantitative estimate of drug-likeness (QED) is 0.0695. The number of phenolic OH excluding ortho intramolecular Hbond substituents is 1. The second kappa shape index (κ2) is 12.4. The van der Waals surface area contributed by atoms with Gasteiger partial charge in [0.15, 0.2) is 14.4 Å². The summed E-state index contributed by atoms with van der Waals surface area (Å²) in [6.07, 6.45) is 5.93. The van der Waals surface area contributed by atoms with Gasteiger partial charge in [-0.3, -0.25) is 0 Å². The fourth-order valence-electron chi connectivity index (χ4n) is 5.32. The zero-order valence-corrected chi connectivity index (χ0v) is 25.6. The van der Waals surface area contributed by atoms with Crippen LogP contribution in [0.2, 0.25) is 0 Å². The molecule has 3 atom stereocenters. The fourth-order valence-corrected chi connectivity index (χ4v) is 6.76. The lowest BCUT2D eigenvalue weighted by atomic mass is 9.77. The molecule has 0 saturated heterocycles. The topological polar surface area (TPSA) is 75.0 Å². The first-order valence-electron chi connectivity index (χ1n) is 12.8. The van der Waals surface area contributed by atoms with E-state index in [0.29, 0.717) is 34.0 Å². The van der Waals surface area contributed by atoms with Crippen LogP contribution in [0.5, 0.6) is 5.75 Å². The van der Waals surface area contributed by atoms with E-state index in [4.69, 9.17) is 0 Å². The minimum Gasteiger partial charge on any atom is -0.507 e. The number of rotatable bonds is 8. The molecule has 1 aromatic carbocycles. The van der Waals surface area contributed by atoms with Gasteiger partial charge < -0.3 is 10.0 Å². The Kier molecular flexibility index (Phi) is 9.60. The molecule has 3 aromatic rings. The molecule has 6 nitrogen and oxygen atoms in total. The summed E-state index contributed by atoms with van der Waals surface area (Å²) < 4.78 is 28.3. The molecule has 2 heterocycles. The predicted octanol–water partition coefficient (Wildman–Crippen LogP) is 7.46. The lowest BCUT2D eigenvalue weighted by Crippen LogP contribution is -2.42. The third-order valence-corrected chi connectivity index (χ3v) is 8.74. The molecule has 1 N–H and O–H groups in total. The third-order valence-electron chi connectivity index (χ3n) is 7.23. The van der Waals surface area contributed by atoms with Crippen molar-refractivity contribution in [2.75, 3.05) is 11.9 Å². The van der Waals surface area contributed by atoms with Crippen molar-refractivity contribution < 1.29 is 13.9 Å². The lowest BCUT2D eigenvalue weighted by molar-refractivity contribution is 0.207. The summed E-state index contributed by atoms with van der Waals surface area (Å²) in [4.78, 5) is 10.1. The minimum atomic E-state index is -1.04. The van der Waals surface area contributed by atoms with Crippen LogP contribution in [-0.2, 0) is 0 Å². The van der Waals surface area contributed by atoms with E-state index in [1.54, 1.807) is 24.4 Å². The van der Waals surface area contributed by atoms with Crippen molar-refractivity contribution in [3.05, 3.63) is 42.5 Å². The van der Waals surface area contributed by atoms with E-state index >= 15 is 4.39 Å². The molecule has 1 aliphatic rings. The van der Waals surface area contributed by atoms with E-state index < -0.39 is 14.9 Å². The van der Waals surface area contributed by atoms with Crippen molar-refractivity contribution in [3.8, 4) is 28.3 Å². The number of thioether (sulfide) groups is 1. The molecule has 0 radical (unpaired) electrons. The summed E-state index contributed by atoms with van der Waals surface area (Å²) in [6.45, 7) is 4.42. The Morgan fingerprint density at radius 2 is 1.95 bits per heavy atom. The highest BCUT2D eigenvalue weighted by Crippen LogP contribution is 2.43. The van der Waals surface area contributed by atoms with Crippen LogP contribution in [0.25, 0.3) is 22.5 Å². The number of pyridine rings is 1. The second-order valence-electron chi connectivity index (χ2n) is 10.4. The number of hydrogen-bond acceptors (Lipinski definition) is 10. The van der Waals surface area contributed by atoms with Crippen LogP contribution in [0.4, 0.5) is 14.6 Å². The van der Waals surface area contributed by atoms with Gasteiger partial charge in [0.25, 0.3) is 0 Å². The van der Waals surface area contributed by atoms with E-state index in [-0.39, 0.29) is 23.0 Å². The van der Waals surface area contributed by atoms with Crippen LogP contribution < -0.4 is 4.90 Å². The summed E-state index contributed by atoms with van der Waals surface area (Å²) >= 11 is 13.7. The molecule has 39 heavy (non-hydrogen) atoms. The maximum absolute atomic E-state index is 15.2. The van der Waals surface area contributed by atoms with E-state index in [1.807, 2.05) is 11.9 Å². The first-order valence-corrected chi connectivity index (χ1v) is 15.0. The van der Waals surface area contributed by atoms with Crippen molar-refractivity contribution in [2.24, 2.45) is 5.41 Å². The van der Waals surface area contributed by atoms with Crippen LogP contribution in [0.1, 0.15) is 52.4 Å². The van der Waals surface area contributed by atoms with Gasteiger partial charge in [-0.1, -0.05) is 38.1 Å². The number of benzene rings is 1. The molecular weight excluding hydrogens is 577 g/mol. The number of phenols is 1. The highest BCUT2D eigenvalue weighted by molar-refractivity contribution is 8.36. The minimum absolute atomic E-state index is 0.0864. The first-order chi connectivity index (χ1) is 18.4. The maximum atomic E-state index is 15.2. The number of thiol groups is 3.